The summed E-state index contributed by atoms with van der Waals surface area (Å²) in [4.78, 5) is 4.77. The van der Waals surface area contributed by atoms with E-state index in [1.54, 1.807) is 0 Å². The van der Waals surface area contributed by atoms with Crippen LogP contribution in [-0.2, 0) is 0 Å². The first-order valence-electron chi connectivity index (χ1n) is 7.39. The van der Waals surface area contributed by atoms with Crippen LogP contribution < -0.4 is 4.74 Å². The largest absolute Gasteiger partial charge is 0.489 e. The lowest BCUT2D eigenvalue weighted by Gasteiger charge is -2.29. The van der Waals surface area contributed by atoms with Crippen LogP contribution in [0.25, 0.3) is 11.0 Å². The van der Waals surface area contributed by atoms with E-state index in [0.717, 1.165) is 22.6 Å². The van der Waals surface area contributed by atoms with E-state index in [1.807, 2.05) is 32.9 Å². The zero-order chi connectivity index (χ0) is 14.3. The van der Waals surface area contributed by atoms with Crippen LogP contribution in [-0.4, -0.2) is 15.7 Å². The van der Waals surface area contributed by atoms with E-state index in [4.69, 9.17) is 21.3 Å². The molecule has 3 rings (SSSR count). The third kappa shape index (κ3) is 2.28. The summed E-state index contributed by atoms with van der Waals surface area (Å²) in [5.74, 6) is 1.82. The van der Waals surface area contributed by atoms with Crippen molar-refractivity contribution in [3.63, 3.8) is 0 Å². The van der Waals surface area contributed by atoms with Crippen molar-refractivity contribution < 1.29 is 4.74 Å². The van der Waals surface area contributed by atoms with Gasteiger partial charge in [-0.05, 0) is 52.2 Å². The molecule has 2 aromatic rings. The summed E-state index contributed by atoms with van der Waals surface area (Å²) in [5, 5.41) is -0.0881. The van der Waals surface area contributed by atoms with Crippen LogP contribution in [0, 0.1) is 0 Å². The molecule has 1 aromatic heterocycles. The number of aromatic nitrogens is 2. The highest BCUT2D eigenvalue weighted by molar-refractivity contribution is 6.20. The number of rotatable bonds is 4. The van der Waals surface area contributed by atoms with Gasteiger partial charge in [0.2, 0.25) is 0 Å². The summed E-state index contributed by atoms with van der Waals surface area (Å²) >= 11 is 6.34. The molecule has 0 N–H and O–H groups in total. The van der Waals surface area contributed by atoms with E-state index in [0.29, 0.717) is 6.04 Å². The van der Waals surface area contributed by atoms with Gasteiger partial charge in [-0.2, -0.15) is 0 Å². The number of benzene rings is 1. The third-order valence-corrected chi connectivity index (χ3v) is 4.06. The van der Waals surface area contributed by atoms with Gasteiger partial charge < -0.3 is 9.30 Å². The topological polar surface area (TPSA) is 27.1 Å². The first-order chi connectivity index (χ1) is 9.58. The molecule has 0 radical (unpaired) electrons. The van der Waals surface area contributed by atoms with Crippen LogP contribution in [0.4, 0.5) is 0 Å². The van der Waals surface area contributed by atoms with Crippen LogP contribution in [0.3, 0.4) is 0 Å². The number of imidazole rings is 1. The fraction of sp³-hybridized carbons (Fsp3) is 0.562. The van der Waals surface area contributed by atoms with Crippen molar-refractivity contribution in [2.75, 3.05) is 0 Å². The summed E-state index contributed by atoms with van der Waals surface area (Å²) in [6.45, 7) is 6.06. The molecule has 0 aliphatic heterocycles. The number of ether oxygens (including phenoxy) is 1. The number of alkyl halides is 1. The Morgan fingerprint density at radius 2 is 2.05 bits per heavy atom. The van der Waals surface area contributed by atoms with Crippen LogP contribution in [0.1, 0.15) is 57.3 Å². The Hall–Kier alpha value is -1.22. The lowest BCUT2D eigenvalue weighted by atomic mass is 9.92. The molecule has 0 bridgehead atoms. The van der Waals surface area contributed by atoms with Gasteiger partial charge in [-0.25, -0.2) is 4.98 Å². The van der Waals surface area contributed by atoms with Gasteiger partial charge in [-0.3, -0.25) is 0 Å². The molecule has 0 spiro atoms. The molecule has 1 fully saturated rings. The van der Waals surface area contributed by atoms with E-state index in [9.17, 15) is 0 Å². The summed E-state index contributed by atoms with van der Waals surface area (Å²) in [6, 6.07) is 6.70. The number of para-hydroxylation sites is 1. The highest BCUT2D eigenvalue weighted by Crippen LogP contribution is 2.39. The van der Waals surface area contributed by atoms with Crippen LogP contribution >= 0.6 is 11.6 Å². The van der Waals surface area contributed by atoms with Gasteiger partial charge >= 0.3 is 0 Å². The molecule has 20 heavy (non-hydrogen) atoms. The van der Waals surface area contributed by atoms with Crippen molar-refractivity contribution in [1.82, 2.24) is 9.55 Å². The molecule has 1 saturated carbocycles. The molecule has 4 heteroatoms. The van der Waals surface area contributed by atoms with Gasteiger partial charge in [-0.1, -0.05) is 6.07 Å². The van der Waals surface area contributed by atoms with Crippen LogP contribution in [0.15, 0.2) is 18.2 Å². The van der Waals surface area contributed by atoms with E-state index in [1.165, 1.54) is 19.3 Å². The molecule has 3 nitrogen and oxygen atoms in total. The van der Waals surface area contributed by atoms with Crippen molar-refractivity contribution in [3.8, 4) is 5.75 Å². The number of halogens is 1. The van der Waals surface area contributed by atoms with Gasteiger partial charge in [0, 0.05) is 6.04 Å². The highest BCUT2D eigenvalue weighted by atomic mass is 35.5. The lowest BCUT2D eigenvalue weighted by molar-refractivity contribution is 0.245. The molecular formula is C16H21ClN2O. The van der Waals surface area contributed by atoms with Crippen molar-refractivity contribution in [2.45, 2.75) is 57.6 Å². The molecule has 0 amide bonds. The highest BCUT2D eigenvalue weighted by Gasteiger charge is 2.27. The van der Waals surface area contributed by atoms with Crippen molar-refractivity contribution in [1.29, 1.82) is 0 Å². The van der Waals surface area contributed by atoms with Crippen LogP contribution in [0.5, 0.6) is 5.75 Å². The normalized spacial score (nSPS) is 17.4. The fourth-order valence-electron chi connectivity index (χ4n) is 2.77. The Bertz CT molecular complexity index is 614. The smallest absolute Gasteiger partial charge is 0.147 e. The Labute approximate surface area is 124 Å². The maximum atomic E-state index is 6.34. The number of hydrogen-bond donors (Lipinski definition) is 0. The second-order valence-electron chi connectivity index (χ2n) is 5.83. The first-order valence-corrected chi connectivity index (χ1v) is 7.83. The van der Waals surface area contributed by atoms with Gasteiger partial charge in [0.1, 0.15) is 17.1 Å². The molecule has 1 aromatic carbocycles. The minimum absolute atomic E-state index is 0.0881. The van der Waals surface area contributed by atoms with Gasteiger partial charge in [0.15, 0.2) is 0 Å². The second-order valence-corrected chi connectivity index (χ2v) is 6.49. The average molecular weight is 293 g/mol. The van der Waals surface area contributed by atoms with Crippen molar-refractivity contribution in [3.05, 3.63) is 24.0 Å². The Morgan fingerprint density at radius 3 is 2.60 bits per heavy atom. The quantitative estimate of drug-likeness (QED) is 0.753. The molecule has 0 saturated heterocycles. The van der Waals surface area contributed by atoms with E-state index >= 15 is 0 Å². The third-order valence-electron chi connectivity index (χ3n) is 3.87. The van der Waals surface area contributed by atoms with Gasteiger partial charge in [0.25, 0.3) is 0 Å². The van der Waals surface area contributed by atoms with Gasteiger partial charge in [-0.15, -0.1) is 11.6 Å². The zero-order valence-corrected chi connectivity index (χ0v) is 13.0. The van der Waals surface area contributed by atoms with Crippen molar-refractivity contribution >= 4 is 22.6 Å². The number of nitrogens with zero attached hydrogens (tertiary/aromatic N) is 2. The number of fused-ring (bicyclic) bond motifs is 1. The first kappa shape index (κ1) is 13.7. The minimum atomic E-state index is -0.0881. The van der Waals surface area contributed by atoms with E-state index < -0.39 is 0 Å². The molecule has 1 atom stereocenters. The summed E-state index contributed by atoms with van der Waals surface area (Å²) in [7, 11) is 0. The molecule has 1 unspecified atom stereocenters. The lowest BCUT2D eigenvalue weighted by Crippen LogP contribution is -2.19. The monoisotopic (exact) mass is 292 g/mol. The SMILES string of the molecule is CC(C)Oc1cccc2c1nc(C(C)Cl)n2C1CCC1. The molecule has 1 aliphatic rings. The number of hydrogen-bond acceptors (Lipinski definition) is 2. The maximum Gasteiger partial charge on any atom is 0.147 e. The molecule has 108 valence electrons. The summed E-state index contributed by atoms with van der Waals surface area (Å²) < 4.78 is 8.21. The Kier molecular flexibility index (Phi) is 3.63. The van der Waals surface area contributed by atoms with E-state index in [2.05, 4.69) is 10.6 Å². The molecule has 1 heterocycles. The molecular weight excluding hydrogens is 272 g/mol. The minimum Gasteiger partial charge on any atom is -0.489 e. The Morgan fingerprint density at radius 1 is 1.30 bits per heavy atom. The molecule has 1 aliphatic carbocycles. The average Bonchev–Trinajstić information content (AvgIpc) is 2.67. The van der Waals surface area contributed by atoms with E-state index in [-0.39, 0.29) is 11.5 Å². The maximum absolute atomic E-state index is 6.34. The van der Waals surface area contributed by atoms with Crippen molar-refractivity contribution in [2.24, 2.45) is 0 Å². The predicted molar refractivity (Wildman–Crippen MR) is 82.7 cm³/mol. The predicted octanol–water partition coefficient (Wildman–Crippen LogP) is 4.85. The zero-order valence-electron chi connectivity index (χ0n) is 12.3. The summed E-state index contributed by atoms with van der Waals surface area (Å²) in [5.41, 5.74) is 2.09. The standard InChI is InChI=1S/C16H21ClN2O/c1-10(2)20-14-9-5-8-13-15(14)18-16(11(3)17)19(13)12-6-4-7-12/h5,8-12H,4,6-7H2,1-3H3. The van der Waals surface area contributed by atoms with Gasteiger partial charge in [0.05, 0.1) is 17.0 Å². The fourth-order valence-corrected chi connectivity index (χ4v) is 2.92. The second kappa shape index (κ2) is 5.28. The summed E-state index contributed by atoms with van der Waals surface area (Å²) in [6.07, 6.45) is 3.88. The Balaban J connectivity index is 2.17. The van der Waals surface area contributed by atoms with Crippen LogP contribution in [0.2, 0.25) is 0 Å².